The normalized spacial score (nSPS) is 17.0. The number of nitrogens with zero attached hydrogens (tertiary/aromatic N) is 1. The average molecular weight is 302 g/mol. The lowest BCUT2D eigenvalue weighted by molar-refractivity contribution is -0.136. The number of amides is 1. The van der Waals surface area contributed by atoms with E-state index in [-0.39, 0.29) is 17.4 Å². The van der Waals surface area contributed by atoms with Gasteiger partial charge in [0.2, 0.25) is 0 Å². The molecule has 1 aromatic rings. The lowest BCUT2D eigenvalue weighted by Gasteiger charge is -2.31. The summed E-state index contributed by atoms with van der Waals surface area (Å²) < 4.78 is 43.6. The van der Waals surface area contributed by atoms with Gasteiger partial charge in [0.1, 0.15) is 0 Å². The Labute approximate surface area is 120 Å². The van der Waals surface area contributed by atoms with Crippen molar-refractivity contribution in [3.63, 3.8) is 0 Å². The zero-order valence-electron chi connectivity index (χ0n) is 11.6. The number of hydrogen-bond donors (Lipinski definition) is 1. The molecule has 0 aliphatic carbocycles. The van der Waals surface area contributed by atoms with Crippen molar-refractivity contribution in [3.8, 4) is 0 Å². The van der Waals surface area contributed by atoms with Crippen LogP contribution in [0.5, 0.6) is 0 Å². The quantitative estimate of drug-likeness (QED) is 0.854. The van der Waals surface area contributed by atoms with Crippen LogP contribution in [0.3, 0.4) is 0 Å². The van der Waals surface area contributed by atoms with Crippen molar-refractivity contribution in [3.05, 3.63) is 29.3 Å². The van der Waals surface area contributed by atoms with E-state index in [1.165, 1.54) is 6.07 Å². The molecule has 116 valence electrons. The van der Waals surface area contributed by atoms with Gasteiger partial charge < -0.3 is 15.4 Å². The number of alkyl halides is 3. The molecule has 1 amide bonds. The second-order valence-electron chi connectivity index (χ2n) is 5.03. The standard InChI is InChI=1S/C14H17F3N2O2/c1-21-10-4-6-19(7-5-10)13(20)9-2-3-12(18)11(8-9)14(15,16)17/h2-3,8,10H,4-7,18H2,1H3. The third kappa shape index (κ3) is 3.47. The molecule has 0 unspecified atom stereocenters. The lowest BCUT2D eigenvalue weighted by atomic mass is 10.0. The molecule has 0 aromatic heterocycles. The van der Waals surface area contributed by atoms with Crippen molar-refractivity contribution in [2.45, 2.75) is 25.1 Å². The predicted molar refractivity (Wildman–Crippen MR) is 71.8 cm³/mol. The number of carbonyl (C=O) groups excluding carboxylic acids is 1. The third-order valence-electron chi connectivity index (χ3n) is 3.67. The number of likely N-dealkylation sites (tertiary alicyclic amines) is 1. The number of hydrogen-bond acceptors (Lipinski definition) is 3. The van der Waals surface area contributed by atoms with Crippen LogP contribution in [0.25, 0.3) is 0 Å². The summed E-state index contributed by atoms with van der Waals surface area (Å²) in [5.74, 6) is -0.407. The average Bonchev–Trinajstić information content (AvgIpc) is 2.46. The minimum Gasteiger partial charge on any atom is -0.398 e. The Morgan fingerprint density at radius 2 is 1.95 bits per heavy atom. The third-order valence-corrected chi connectivity index (χ3v) is 3.67. The molecule has 1 heterocycles. The predicted octanol–water partition coefficient (Wildman–Crippen LogP) is 2.54. The molecule has 21 heavy (non-hydrogen) atoms. The van der Waals surface area contributed by atoms with E-state index in [0.29, 0.717) is 25.9 Å². The smallest absolute Gasteiger partial charge is 0.398 e. The number of anilines is 1. The van der Waals surface area contributed by atoms with Gasteiger partial charge in [-0.25, -0.2) is 0 Å². The Hall–Kier alpha value is -1.76. The van der Waals surface area contributed by atoms with Gasteiger partial charge in [-0.05, 0) is 31.0 Å². The molecule has 1 saturated heterocycles. The Morgan fingerprint density at radius 1 is 1.33 bits per heavy atom. The van der Waals surface area contributed by atoms with E-state index in [1.807, 2.05) is 0 Å². The topological polar surface area (TPSA) is 55.6 Å². The van der Waals surface area contributed by atoms with Crippen molar-refractivity contribution in [2.75, 3.05) is 25.9 Å². The molecule has 0 spiro atoms. The largest absolute Gasteiger partial charge is 0.418 e. The van der Waals surface area contributed by atoms with Crippen LogP contribution < -0.4 is 5.73 Å². The second kappa shape index (κ2) is 5.93. The molecule has 7 heteroatoms. The van der Waals surface area contributed by atoms with Crippen LogP contribution in [0.4, 0.5) is 18.9 Å². The SMILES string of the molecule is COC1CCN(C(=O)c2ccc(N)c(C(F)(F)F)c2)CC1. The maximum absolute atomic E-state index is 12.8. The minimum atomic E-state index is -4.57. The Balaban J connectivity index is 2.17. The highest BCUT2D eigenvalue weighted by Gasteiger charge is 2.34. The molecule has 0 radical (unpaired) electrons. The maximum Gasteiger partial charge on any atom is 0.418 e. The number of ether oxygens (including phenoxy) is 1. The summed E-state index contributed by atoms with van der Waals surface area (Å²) in [4.78, 5) is 13.8. The van der Waals surface area contributed by atoms with Crippen LogP contribution in [0.15, 0.2) is 18.2 Å². The number of methoxy groups -OCH3 is 1. The highest BCUT2D eigenvalue weighted by molar-refractivity contribution is 5.95. The summed E-state index contributed by atoms with van der Waals surface area (Å²) in [7, 11) is 1.61. The van der Waals surface area contributed by atoms with Crippen LogP contribution >= 0.6 is 0 Å². The summed E-state index contributed by atoms with van der Waals surface area (Å²) in [5.41, 5.74) is 3.99. The van der Waals surface area contributed by atoms with E-state index < -0.39 is 17.6 Å². The van der Waals surface area contributed by atoms with Gasteiger partial charge in [-0.3, -0.25) is 4.79 Å². The van der Waals surface area contributed by atoms with Crippen LogP contribution in [0.2, 0.25) is 0 Å². The van der Waals surface area contributed by atoms with Crippen LogP contribution in [-0.4, -0.2) is 37.1 Å². The summed E-state index contributed by atoms with van der Waals surface area (Å²) in [6, 6.07) is 3.27. The zero-order chi connectivity index (χ0) is 15.6. The molecule has 1 aliphatic rings. The molecule has 1 aliphatic heterocycles. The van der Waals surface area contributed by atoms with Crippen LogP contribution in [-0.2, 0) is 10.9 Å². The number of nitrogens with two attached hydrogens (primary N) is 1. The van der Waals surface area contributed by atoms with Crippen molar-refractivity contribution < 1.29 is 22.7 Å². The molecule has 0 saturated carbocycles. The van der Waals surface area contributed by atoms with E-state index in [0.717, 1.165) is 12.1 Å². The van der Waals surface area contributed by atoms with Gasteiger partial charge in [-0.1, -0.05) is 0 Å². The van der Waals surface area contributed by atoms with Gasteiger partial charge in [-0.2, -0.15) is 13.2 Å². The lowest BCUT2D eigenvalue weighted by Crippen LogP contribution is -2.40. The van der Waals surface area contributed by atoms with E-state index in [2.05, 4.69) is 0 Å². The van der Waals surface area contributed by atoms with Gasteiger partial charge >= 0.3 is 6.18 Å². The van der Waals surface area contributed by atoms with Gasteiger partial charge in [-0.15, -0.1) is 0 Å². The van der Waals surface area contributed by atoms with Crippen LogP contribution in [0.1, 0.15) is 28.8 Å². The van der Waals surface area contributed by atoms with E-state index in [1.54, 1.807) is 12.0 Å². The molecule has 2 N–H and O–H groups in total. The van der Waals surface area contributed by atoms with Crippen molar-refractivity contribution >= 4 is 11.6 Å². The first-order valence-electron chi connectivity index (χ1n) is 6.61. The molecule has 4 nitrogen and oxygen atoms in total. The molecule has 2 rings (SSSR count). The van der Waals surface area contributed by atoms with E-state index in [4.69, 9.17) is 10.5 Å². The van der Waals surface area contributed by atoms with Gasteiger partial charge in [0.15, 0.2) is 0 Å². The first kappa shape index (κ1) is 15.6. The number of piperidine rings is 1. The van der Waals surface area contributed by atoms with Crippen molar-refractivity contribution in [2.24, 2.45) is 0 Å². The summed E-state index contributed by atoms with van der Waals surface area (Å²) in [5, 5.41) is 0. The molecular formula is C14H17F3N2O2. The highest BCUT2D eigenvalue weighted by Crippen LogP contribution is 2.34. The first-order valence-corrected chi connectivity index (χ1v) is 6.61. The van der Waals surface area contributed by atoms with Gasteiger partial charge in [0.25, 0.3) is 5.91 Å². The Kier molecular flexibility index (Phi) is 4.41. The number of benzene rings is 1. The van der Waals surface area contributed by atoms with Crippen molar-refractivity contribution in [1.82, 2.24) is 4.90 Å². The molecular weight excluding hydrogens is 285 g/mol. The zero-order valence-corrected chi connectivity index (χ0v) is 11.6. The fourth-order valence-electron chi connectivity index (χ4n) is 2.41. The minimum absolute atomic E-state index is 0.00684. The number of halogens is 3. The maximum atomic E-state index is 12.8. The Morgan fingerprint density at radius 3 is 2.48 bits per heavy atom. The highest BCUT2D eigenvalue weighted by atomic mass is 19.4. The van der Waals surface area contributed by atoms with E-state index in [9.17, 15) is 18.0 Å². The summed E-state index contributed by atoms with van der Waals surface area (Å²) in [6.07, 6.45) is -3.10. The fraction of sp³-hybridized carbons (Fsp3) is 0.500. The summed E-state index contributed by atoms with van der Waals surface area (Å²) >= 11 is 0. The Bertz CT molecular complexity index is 523. The molecule has 0 bridgehead atoms. The second-order valence-corrected chi connectivity index (χ2v) is 5.03. The van der Waals surface area contributed by atoms with Crippen LogP contribution in [0, 0.1) is 0 Å². The molecule has 1 aromatic carbocycles. The van der Waals surface area contributed by atoms with Crippen molar-refractivity contribution in [1.29, 1.82) is 0 Å². The monoisotopic (exact) mass is 302 g/mol. The molecule has 0 atom stereocenters. The first-order chi connectivity index (χ1) is 9.82. The van der Waals surface area contributed by atoms with Gasteiger partial charge in [0, 0.05) is 31.5 Å². The summed E-state index contributed by atoms with van der Waals surface area (Å²) in [6.45, 7) is 0.951. The number of rotatable bonds is 2. The number of nitrogen functional groups attached to an aromatic ring is 1. The molecule has 1 fully saturated rings. The van der Waals surface area contributed by atoms with E-state index >= 15 is 0 Å². The fourth-order valence-corrected chi connectivity index (χ4v) is 2.41. The number of carbonyl (C=O) groups is 1. The van der Waals surface area contributed by atoms with Gasteiger partial charge in [0.05, 0.1) is 11.7 Å².